The standard InChI is InChI=1S/C14H25F3N2/c1-13(2)5-3-12(4-6-13)19-8-7-18-9-11(10-19)14(15,16)17/h11-12,18H,3-10H2,1-2H3. The van der Waals surface area contributed by atoms with Crippen LogP contribution in [0, 0.1) is 11.3 Å². The van der Waals surface area contributed by atoms with Crippen molar-refractivity contribution in [2.24, 2.45) is 11.3 Å². The lowest BCUT2D eigenvalue weighted by Crippen LogP contribution is -2.45. The maximum absolute atomic E-state index is 12.9. The molecule has 0 spiro atoms. The van der Waals surface area contributed by atoms with E-state index in [1.165, 1.54) is 0 Å². The lowest BCUT2D eigenvalue weighted by molar-refractivity contribution is -0.177. The predicted octanol–water partition coefficient (Wildman–Crippen LogP) is 3.04. The fourth-order valence-electron chi connectivity index (χ4n) is 3.24. The molecule has 1 unspecified atom stereocenters. The van der Waals surface area contributed by atoms with Crippen molar-refractivity contribution in [3.8, 4) is 0 Å². The first-order valence-electron chi connectivity index (χ1n) is 7.29. The number of alkyl halides is 3. The molecule has 0 aromatic rings. The molecule has 1 aliphatic carbocycles. The molecular weight excluding hydrogens is 253 g/mol. The van der Waals surface area contributed by atoms with Gasteiger partial charge in [0, 0.05) is 32.2 Å². The van der Waals surface area contributed by atoms with Crippen LogP contribution in [-0.2, 0) is 0 Å². The van der Waals surface area contributed by atoms with Crippen LogP contribution in [0.4, 0.5) is 13.2 Å². The van der Waals surface area contributed by atoms with Crippen LogP contribution in [-0.4, -0.2) is 43.3 Å². The summed E-state index contributed by atoms with van der Waals surface area (Å²) in [5, 5.41) is 2.93. The number of rotatable bonds is 1. The Morgan fingerprint density at radius 3 is 2.37 bits per heavy atom. The largest absolute Gasteiger partial charge is 0.394 e. The van der Waals surface area contributed by atoms with Gasteiger partial charge in [-0.1, -0.05) is 13.8 Å². The molecule has 2 aliphatic rings. The second-order valence-electron chi connectivity index (χ2n) is 6.83. The number of hydrogen-bond acceptors (Lipinski definition) is 2. The Morgan fingerprint density at radius 2 is 1.79 bits per heavy atom. The summed E-state index contributed by atoms with van der Waals surface area (Å²) in [4.78, 5) is 2.08. The van der Waals surface area contributed by atoms with Crippen LogP contribution < -0.4 is 5.32 Å². The van der Waals surface area contributed by atoms with E-state index in [1.807, 2.05) is 0 Å². The van der Waals surface area contributed by atoms with Gasteiger partial charge in [0.1, 0.15) is 0 Å². The quantitative estimate of drug-likeness (QED) is 0.793. The summed E-state index contributed by atoms with van der Waals surface area (Å²) in [5.74, 6) is -1.22. The third-order valence-corrected chi connectivity index (χ3v) is 4.71. The van der Waals surface area contributed by atoms with E-state index in [4.69, 9.17) is 0 Å². The van der Waals surface area contributed by atoms with Crippen LogP contribution in [0.3, 0.4) is 0 Å². The van der Waals surface area contributed by atoms with Crippen LogP contribution >= 0.6 is 0 Å². The fraction of sp³-hybridized carbons (Fsp3) is 1.00. The third-order valence-electron chi connectivity index (χ3n) is 4.71. The molecule has 0 radical (unpaired) electrons. The van der Waals surface area contributed by atoms with Crippen molar-refractivity contribution >= 4 is 0 Å². The Hall–Kier alpha value is -0.290. The van der Waals surface area contributed by atoms with Gasteiger partial charge in [0.05, 0.1) is 5.92 Å². The number of nitrogens with zero attached hydrogens (tertiary/aromatic N) is 1. The van der Waals surface area contributed by atoms with Crippen LogP contribution in [0.1, 0.15) is 39.5 Å². The van der Waals surface area contributed by atoms with Crippen molar-refractivity contribution in [2.45, 2.75) is 51.7 Å². The lowest BCUT2D eigenvalue weighted by Gasteiger charge is -2.40. The molecule has 1 saturated carbocycles. The SMILES string of the molecule is CC1(C)CCC(N2CCNCC(C(F)(F)F)C2)CC1. The highest BCUT2D eigenvalue weighted by molar-refractivity contribution is 4.87. The number of hydrogen-bond donors (Lipinski definition) is 1. The van der Waals surface area contributed by atoms with Gasteiger partial charge in [0.2, 0.25) is 0 Å². The number of nitrogens with one attached hydrogen (secondary N) is 1. The molecule has 112 valence electrons. The van der Waals surface area contributed by atoms with E-state index in [0.29, 0.717) is 18.0 Å². The molecule has 5 heteroatoms. The molecule has 2 nitrogen and oxygen atoms in total. The average molecular weight is 278 g/mol. The molecule has 1 saturated heterocycles. The molecule has 1 N–H and O–H groups in total. The molecule has 1 aliphatic heterocycles. The van der Waals surface area contributed by atoms with E-state index in [0.717, 1.165) is 32.2 Å². The molecule has 0 amide bonds. The minimum Gasteiger partial charge on any atom is -0.315 e. The highest BCUT2D eigenvalue weighted by Crippen LogP contribution is 2.38. The molecule has 0 aromatic heterocycles. The molecule has 0 bridgehead atoms. The number of halogens is 3. The molecule has 1 heterocycles. The average Bonchev–Trinajstić information content (AvgIpc) is 2.54. The first kappa shape index (κ1) is 15.1. The first-order valence-corrected chi connectivity index (χ1v) is 7.29. The van der Waals surface area contributed by atoms with Gasteiger partial charge in [-0.15, -0.1) is 0 Å². The van der Waals surface area contributed by atoms with Crippen LogP contribution in [0.15, 0.2) is 0 Å². The van der Waals surface area contributed by atoms with E-state index >= 15 is 0 Å². The summed E-state index contributed by atoms with van der Waals surface area (Å²) < 4.78 is 38.8. The van der Waals surface area contributed by atoms with E-state index in [9.17, 15) is 13.2 Å². The molecular formula is C14H25F3N2. The zero-order valence-corrected chi connectivity index (χ0v) is 11.9. The van der Waals surface area contributed by atoms with E-state index in [1.54, 1.807) is 0 Å². The minimum absolute atomic E-state index is 0.0677. The van der Waals surface area contributed by atoms with Crippen molar-refractivity contribution in [3.63, 3.8) is 0 Å². The zero-order chi connectivity index (χ0) is 14.1. The molecule has 1 atom stereocenters. The highest BCUT2D eigenvalue weighted by atomic mass is 19.4. The monoisotopic (exact) mass is 278 g/mol. The van der Waals surface area contributed by atoms with Gasteiger partial charge >= 0.3 is 6.18 Å². The summed E-state index contributed by atoms with van der Waals surface area (Å²) in [6, 6.07) is 0.345. The maximum Gasteiger partial charge on any atom is 0.394 e. The predicted molar refractivity (Wildman–Crippen MR) is 70.0 cm³/mol. The normalized spacial score (nSPS) is 31.1. The Balaban J connectivity index is 1.95. The summed E-state index contributed by atoms with van der Waals surface area (Å²) in [6.07, 6.45) is 0.245. The topological polar surface area (TPSA) is 15.3 Å². The van der Waals surface area contributed by atoms with Gasteiger partial charge in [-0.3, -0.25) is 4.90 Å². The van der Waals surface area contributed by atoms with Gasteiger partial charge in [0.15, 0.2) is 0 Å². The van der Waals surface area contributed by atoms with Gasteiger partial charge in [-0.2, -0.15) is 13.2 Å². The van der Waals surface area contributed by atoms with E-state index < -0.39 is 12.1 Å². The lowest BCUT2D eigenvalue weighted by atomic mass is 9.75. The Bertz CT molecular complexity index is 292. The Kier molecular flexibility index (Phi) is 4.45. The zero-order valence-electron chi connectivity index (χ0n) is 11.9. The van der Waals surface area contributed by atoms with E-state index in [2.05, 4.69) is 24.1 Å². The van der Waals surface area contributed by atoms with Crippen molar-refractivity contribution in [1.29, 1.82) is 0 Å². The van der Waals surface area contributed by atoms with Crippen LogP contribution in [0.5, 0.6) is 0 Å². The first-order chi connectivity index (χ1) is 8.78. The van der Waals surface area contributed by atoms with Gasteiger partial charge in [-0.25, -0.2) is 0 Å². The highest BCUT2D eigenvalue weighted by Gasteiger charge is 2.42. The van der Waals surface area contributed by atoms with Gasteiger partial charge in [-0.05, 0) is 31.1 Å². The summed E-state index contributed by atoms with van der Waals surface area (Å²) >= 11 is 0. The fourth-order valence-corrected chi connectivity index (χ4v) is 3.24. The summed E-state index contributed by atoms with van der Waals surface area (Å²) in [5.41, 5.74) is 0.365. The summed E-state index contributed by atoms with van der Waals surface area (Å²) in [7, 11) is 0. The minimum atomic E-state index is -4.08. The van der Waals surface area contributed by atoms with Crippen molar-refractivity contribution in [3.05, 3.63) is 0 Å². The maximum atomic E-state index is 12.9. The van der Waals surface area contributed by atoms with Crippen molar-refractivity contribution in [1.82, 2.24) is 10.2 Å². The second-order valence-corrected chi connectivity index (χ2v) is 6.83. The van der Waals surface area contributed by atoms with Crippen LogP contribution in [0.2, 0.25) is 0 Å². The Labute approximate surface area is 113 Å². The molecule has 19 heavy (non-hydrogen) atoms. The second kappa shape index (κ2) is 5.60. The van der Waals surface area contributed by atoms with Crippen molar-refractivity contribution in [2.75, 3.05) is 26.2 Å². The molecule has 2 fully saturated rings. The molecule has 0 aromatic carbocycles. The third kappa shape index (κ3) is 4.09. The van der Waals surface area contributed by atoms with Crippen LogP contribution in [0.25, 0.3) is 0 Å². The van der Waals surface area contributed by atoms with E-state index in [-0.39, 0.29) is 13.1 Å². The smallest absolute Gasteiger partial charge is 0.315 e. The van der Waals surface area contributed by atoms with Gasteiger partial charge in [0.25, 0.3) is 0 Å². The molecule has 2 rings (SSSR count). The van der Waals surface area contributed by atoms with Crippen molar-refractivity contribution < 1.29 is 13.2 Å². The van der Waals surface area contributed by atoms with Gasteiger partial charge < -0.3 is 5.32 Å². The Morgan fingerprint density at radius 1 is 1.16 bits per heavy atom. The summed E-state index contributed by atoms with van der Waals surface area (Å²) in [6.45, 7) is 6.17.